The summed E-state index contributed by atoms with van der Waals surface area (Å²) in [5.74, 6) is -4.88. The number of hydrogen-bond acceptors (Lipinski definition) is 14. The zero-order valence-electron chi connectivity index (χ0n) is 28.7. The highest BCUT2D eigenvalue weighted by atomic mass is 31.2. The predicted molar refractivity (Wildman–Crippen MR) is 175 cm³/mol. The zero-order chi connectivity index (χ0) is 36.8. The van der Waals surface area contributed by atoms with E-state index in [9.17, 15) is 28.8 Å². The van der Waals surface area contributed by atoms with E-state index < -0.39 is 93.0 Å². The fourth-order valence-corrected chi connectivity index (χ4v) is 7.07. The maximum Gasteiger partial charge on any atom is 0.347 e. The van der Waals surface area contributed by atoms with Crippen LogP contribution in [0.3, 0.4) is 0 Å². The van der Waals surface area contributed by atoms with Gasteiger partial charge in [0.2, 0.25) is 19.6 Å². The van der Waals surface area contributed by atoms with Gasteiger partial charge in [0.25, 0.3) is 0 Å². The van der Waals surface area contributed by atoms with Gasteiger partial charge in [0.1, 0.15) is 18.8 Å². The molecule has 2 aromatic carbocycles. The molecular weight excluding hydrogens is 677 g/mol. The van der Waals surface area contributed by atoms with Gasteiger partial charge in [0, 0.05) is 41.0 Å². The van der Waals surface area contributed by atoms with Gasteiger partial charge < -0.3 is 42.8 Å². The van der Waals surface area contributed by atoms with Crippen molar-refractivity contribution in [1.29, 1.82) is 0 Å². The first kappa shape index (κ1) is 40.0. The summed E-state index contributed by atoms with van der Waals surface area (Å²) in [5, 5.41) is 0.442. The van der Waals surface area contributed by atoms with Gasteiger partial charge in [-0.15, -0.1) is 0 Å². The monoisotopic (exact) mass is 719 g/mol. The molecule has 2 aromatic rings. The molecule has 0 saturated carbocycles. The van der Waals surface area contributed by atoms with Crippen LogP contribution >= 0.6 is 8.38 Å². The third kappa shape index (κ3) is 11.6. The van der Waals surface area contributed by atoms with Crippen molar-refractivity contribution in [2.45, 2.75) is 90.1 Å². The number of hydrogen-bond donors (Lipinski definition) is 1. The van der Waals surface area contributed by atoms with Crippen LogP contribution in [0.4, 0.5) is 0 Å². The molecular formula is C34H42NO14P. The first-order chi connectivity index (χ1) is 23.7. The molecule has 15 nitrogen and oxygen atoms in total. The highest BCUT2D eigenvalue weighted by Gasteiger charge is 2.63. The molecule has 1 unspecified atom stereocenters. The summed E-state index contributed by atoms with van der Waals surface area (Å²) in [6.45, 7) is 4.83. The molecule has 0 spiro atoms. The number of nitrogens with one attached hydrogen (secondary N) is 1. The summed E-state index contributed by atoms with van der Waals surface area (Å²) >= 11 is 0. The largest absolute Gasteiger partial charge is 0.466 e. The molecule has 6 atom stereocenters. The summed E-state index contributed by atoms with van der Waals surface area (Å²) < 4.78 is 46.5. The van der Waals surface area contributed by atoms with Crippen LogP contribution in [-0.4, -0.2) is 85.3 Å². The maximum atomic E-state index is 14.1. The molecule has 0 aliphatic carbocycles. The van der Waals surface area contributed by atoms with Crippen LogP contribution in [0.25, 0.3) is 0 Å². The van der Waals surface area contributed by atoms with E-state index in [1.54, 1.807) is 48.5 Å². The fourth-order valence-electron chi connectivity index (χ4n) is 5.27. The Morgan fingerprint density at radius 3 is 1.78 bits per heavy atom. The average molecular weight is 720 g/mol. The Kier molecular flexibility index (Phi) is 15.3. The Bertz CT molecular complexity index is 1430. The molecule has 1 aliphatic rings. The number of carbonyl (C=O) groups excluding carboxylic acids is 6. The van der Waals surface area contributed by atoms with Crippen molar-refractivity contribution in [3.8, 4) is 0 Å². The van der Waals surface area contributed by atoms with E-state index in [1.807, 2.05) is 12.1 Å². The Morgan fingerprint density at radius 1 is 0.800 bits per heavy atom. The van der Waals surface area contributed by atoms with Crippen LogP contribution in [0.1, 0.15) is 52.2 Å². The number of esters is 5. The zero-order valence-corrected chi connectivity index (χ0v) is 29.5. The second-order valence-electron chi connectivity index (χ2n) is 11.2. The van der Waals surface area contributed by atoms with Crippen molar-refractivity contribution in [1.82, 2.24) is 5.32 Å². The summed E-state index contributed by atoms with van der Waals surface area (Å²) in [6.07, 6.45) is -6.65. The van der Waals surface area contributed by atoms with E-state index in [2.05, 4.69) is 5.32 Å². The molecule has 1 saturated heterocycles. The molecule has 0 aromatic heterocycles. The van der Waals surface area contributed by atoms with Crippen molar-refractivity contribution in [3.05, 3.63) is 71.8 Å². The van der Waals surface area contributed by atoms with Crippen molar-refractivity contribution >= 4 is 44.1 Å². The number of carbonyl (C=O) groups is 6. The van der Waals surface area contributed by atoms with Gasteiger partial charge in [-0.2, -0.15) is 0 Å². The van der Waals surface area contributed by atoms with Crippen LogP contribution in [0.2, 0.25) is 0 Å². The Morgan fingerprint density at radius 2 is 1.34 bits per heavy atom. The number of ether oxygens (including phenoxy) is 6. The molecule has 0 radical (unpaired) electrons. The lowest BCUT2D eigenvalue weighted by molar-refractivity contribution is -0.227. The van der Waals surface area contributed by atoms with Gasteiger partial charge in [0.15, 0.2) is 12.2 Å². The van der Waals surface area contributed by atoms with Crippen molar-refractivity contribution in [2.24, 2.45) is 0 Å². The SMILES string of the molecule is COC(=O)[C@]1(P(OCc2ccccc2)OCc2ccccc2)C[C@H](OC(C)=O)[C@@H](NC(C)=O)C([C@H](OC(C)=O)[C@H](COC(C)=O)OC(C)=O)O1. The molecule has 16 heteroatoms. The first-order valence-electron chi connectivity index (χ1n) is 15.6. The smallest absolute Gasteiger partial charge is 0.347 e. The molecule has 1 amide bonds. The van der Waals surface area contributed by atoms with E-state index in [-0.39, 0.29) is 13.2 Å². The van der Waals surface area contributed by atoms with Gasteiger partial charge in [-0.05, 0) is 11.1 Å². The van der Waals surface area contributed by atoms with Gasteiger partial charge in [-0.25, -0.2) is 4.79 Å². The second kappa shape index (κ2) is 19.1. The normalized spacial score (nSPS) is 21.2. The van der Waals surface area contributed by atoms with Gasteiger partial charge in [0.05, 0.1) is 26.4 Å². The third-order valence-electron chi connectivity index (χ3n) is 7.19. The number of rotatable bonds is 16. The Hall–Kier alpha value is -4.43. The van der Waals surface area contributed by atoms with E-state index in [0.717, 1.165) is 45.9 Å². The lowest BCUT2D eigenvalue weighted by Gasteiger charge is -2.50. The van der Waals surface area contributed by atoms with E-state index >= 15 is 0 Å². The third-order valence-corrected chi connectivity index (χ3v) is 8.98. The van der Waals surface area contributed by atoms with Crippen LogP contribution < -0.4 is 5.32 Å². The molecule has 1 N–H and O–H groups in total. The van der Waals surface area contributed by atoms with Crippen LogP contribution in [0, 0.1) is 0 Å². The lowest BCUT2D eigenvalue weighted by atomic mass is 9.89. The van der Waals surface area contributed by atoms with Crippen LogP contribution in [0.15, 0.2) is 60.7 Å². The quantitative estimate of drug-likeness (QED) is 0.151. The summed E-state index contributed by atoms with van der Waals surface area (Å²) in [6, 6.07) is 16.7. The Labute approximate surface area is 291 Å². The van der Waals surface area contributed by atoms with E-state index in [4.69, 9.17) is 37.5 Å². The summed E-state index contributed by atoms with van der Waals surface area (Å²) in [5.41, 5.74) is 1.44. The van der Waals surface area contributed by atoms with Crippen molar-refractivity contribution < 1.29 is 66.2 Å². The van der Waals surface area contributed by atoms with Gasteiger partial charge in [-0.3, -0.25) is 24.0 Å². The number of amides is 1. The van der Waals surface area contributed by atoms with Crippen molar-refractivity contribution in [2.75, 3.05) is 13.7 Å². The Balaban J connectivity index is 2.26. The number of methoxy groups -OCH3 is 1. The number of benzene rings is 2. The van der Waals surface area contributed by atoms with Crippen LogP contribution in [-0.2, 0) is 79.4 Å². The first-order valence-corrected chi connectivity index (χ1v) is 16.8. The van der Waals surface area contributed by atoms with Crippen molar-refractivity contribution in [3.63, 3.8) is 0 Å². The lowest BCUT2D eigenvalue weighted by Crippen LogP contribution is -2.68. The standard InChI is InChI=1S/C34H42NO14P/c1-21(36)35-30-28(46-23(3)38)17-34(33(41)42-6,49-32(30)31(48-25(5)40)29(47-24(4)39)20-43-22(2)37)50(44-18-26-13-9-7-10-14-26)45-19-27-15-11-8-12-16-27/h7-16,28-32H,17-20H2,1-6H3,(H,35,36)/t28-,29-,30+,31+,32?,34+/m0/s1. The fraction of sp³-hybridized carbons (Fsp3) is 0.471. The maximum absolute atomic E-state index is 14.1. The minimum absolute atomic E-state index is 0.0582. The molecule has 3 rings (SSSR count). The summed E-state index contributed by atoms with van der Waals surface area (Å²) in [4.78, 5) is 75.9. The average Bonchev–Trinajstić information content (AvgIpc) is 3.06. The molecule has 272 valence electrons. The molecule has 0 bridgehead atoms. The van der Waals surface area contributed by atoms with Gasteiger partial charge >= 0.3 is 29.8 Å². The van der Waals surface area contributed by atoms with E-state index in [0.29, 0.717) is 0 Å². The predicted octanol–water partition coefficient (Wildman–Crippen LogP) is 3.25. The molecule has 1 aliphatic heterocycles. The van der Waals surface area contributed by atoms with Gasteiger partial charge in [-0.1, -0.05) is 60.7 Å². The molecule has 50 heavy (non-hydrogen) atoms. The topological polar surface area (TPSA) is 188 Å². The molecule has 1 fully saturated rings. The van der Waals surface area contributed by atoms with E-state index in [1.165, 1.54) is 6.92 Å². The minimum Gasteiger partial charge on any atom is -0.466 e. The summed E-state index contributed by atoms with van der Waals surface area (Å²) in [7, 11) is -1.40. The highest BCUT2D eigenvalue weighted by Crippen LogP contribution is 2.59. The highest BCUT2D eigenvalue weighted by molar-refractivity contribution is 7.50. The molecule has 1 heterocycles. The minimum atomic E-state index is -2.51. The van der Waals surface area contributed by atoms with Crippen LogP contribution in [0.5, 0.6) is 0 Å². The second-order valence-corrected chi connectivity index (χ2v) is 13.0.